The molecule has 0 bridgehead atoms. The molecule has 1 aliphatic rings. The van der Waals surface area contributed by atoms with Gasteiger partial charge in [-0.05, 0) is 49.1 Å². The van der Waals surface area contributed by atoms with Gasteiger partial charge < -0.3 is 14.8 Å². The van der Waals surface area contributed by atoms with Gasteiger partial charge in [-0.1, -0.05) is 29.8 Å². The molecule has 0 aliphatic carbocycles. The molecule has 2 aromatic rings. The molecule has 1 heterocycles. The molecule has 116 valence electrons. The number of aryl methyl sites for hydroxylation is 1. The highest BCUT2D eigenvalue weighted by molar-refractivity contribution is 5.50. The molecular weight excluding hydrogens is 274 g/mol. The van der Waals surface area contributed by atoms with Crippen molar-refractivity contribution in [1.29, 1.82) is 0 Å². The van der Waals surface area contributed by atoms with Gasteiger partial charge in [0.1, 0.15) is 0 Å². The number of hydrogen-bond donors (Lipinski definition) is 1. The topological polar surface area (TPSA) is 30.5 Å². The third-order valence-electron chi connectivity index (χ3n) is 4.47. The van der Waals surface area contributed by atoms with Crippen LogP contribution in [0, 0.1) is 6.92 Å². The molecule has 0 saturated carbocycles. The van der Waals surface area contributed by atoms with Crippen LogP contribution in [0.25, 0.3) is 0 Å². The van der Waals surface area contributed by atoms with E-state index in [2.05, 4.69) is 55.6 Å². The molecule has 0 amide bonds. The normalized spacial score (nSPS) is 20.4. The van der Waals surface area contributed by atoms with Crippen molar-refractivity contribution in [2.45, 2.75) is 32.4 Å². The van der Waals surface area contributed by atoms with E-state index in [4.69, 9.17) is 9.47 Å². The number of ether oxygens (including phenoxy) is 2. The molecule has 0 unspecified atom stereocenters. The van der Waals surface area contributed by atoms with E-state index in [0.29, 0.717) is 6.04 Å². The van der Waals surface area contributed by atoms with E-state index in [9.17, 15) is 0 Å². The summed E-state index contributed by atoms with van der Waals surface area (Å²) in [7, 11) is 3.37. The number of nitrogens with one attached hydrogen (secondary N) is 1. The first-order valence-corrected chi connectivity index (χ1v) is 7.69. The largest absolute Gasteiger partial charge is 0.493 e. The molecule has 1 aliphatic heterocycles. The standard InChI is InChI=1S/C19H23NO2/c1-12-5-7-14(8-6-12)17-9-15-10-18(21-3)19(22-4)11-16(15)13(2)20-17/h5-8,10-11,13,17,20H,9H2,1-4H3/t13-,17+/m1/s1. The lowest BCUT2D eigenvalue weighted by molar-refractivity contribution is 0.350. The van der Waals surface area contributed by atoms with Crippen LogP contribution >= 0.6 is 0 Å². The van der Waals surface area contributed by atoms with Crippen LogP contribution < -0.4 is 14.8 Å². The number of benzene rings is 2. The Labute approximate surface area is 132 Å². The maximum atomic E-state index is 5.45. The Morgan fingerprint density at radius 3 is 2.27 bits per heavy atom. The smallest absolute Gasteiger partial charge is 0.161 e. The Bertz CT molecular complexity index is 664. The van der Waals surface area contributed by atoms with Crippen molar-refractivity contribution >= 4 is 0 Å². The van der Waals surface area contributed by atoms with Crippen LogP contribution in [0.1, 0.15) is 41.3 Å². The highest BCUT2D eigenvalue weighted by Gasteiger charge is 2.26. The second-order valence-electron chi connectivity index (χ2n) is 5.96. The van der Waals surface area contributed by atoms with Gasteiger partial charge in [0.2, 0.25) is 0 Å². The summed E-state index contributed by atoms with van der Waals surface area (Å²) in [5, 5.41) is 3.70. The molecule has 0 saturated heterocycles. The summed E-state index contributed by atoms with van der Waals surface area (Å²) in [5.41, 5.74) is 5.24. The van der Waals surface area contributed by atoms with Crippen LogP contribution in [0.5, 0.6) is 11.5 Å². The Kier molecular flexibility index (Phi) is 4.08. The van der Waals surface area contributed by atoms with E-state index in [1.807, 2.05) is 0 Å². The van der Waals surface area contributed by atoms with Crippen molar-refractivity contribution in [2.24, 2.45) is 0 Å². The van der Waals surface area contributed by atoms with E-state index in [0.717, 1.165) is 17.9 Å². The van der Waals surface area contributed by atoms with Crippen LogP contribution in [0.15, 0.2) is 36.4 Å². The highest BCUT2D eigenvalue weighted by Crippen LogP contribution is 2.38. The number of methoxy groups -OCH3 is 2. The average molecular weight is 297 g/mol. The fraction of sp³-hybridized carbons (Fsp3) is 0.368. The van der Waals surface area contributed by atoms with Gasteiger partial charge in [0, 0.05) is 12.1 Å². The highest BCUT2D eigenvalue weighted by atomic mass is 16.5. The van der Waals surface area contributed by atoms with Gasteiger partial charge in [-0.2, -0.15) is 0 Å². The lowest BCUT2D eigenvalue weighted by Gasteiger charge is -2.32. The van der Waals surface area contributed by atoms with Gasteiger partial charge in [0.15, 0.2) is 11.5 Å². The fourth-order valence-corrected chi connectivity index (χ4v) is 3.20. The summed E-state index contributed by atoms with van der Waals surface area (Å²) >= 11 is 0. The second kappa shape index (κ2) is 6.01. The monoisotopic (exact) mass is 297 g/mol. The minimum atomic E-state index is 0.287. The van der Waals surface area contributed by atoms with Gasteiger partial charge >= 0.3 is 0 Å². The minimum Gasteiger partial charge on any atom is -0.493 e. The first-order valence-electron chi connectivity index (χ1n) is 7.69. The second-order valence-corrected chi connectivity index (χ2v) is 5.96. The molecular formula is C19H23NO2. The van der Waals surface area contributed by atoms with Crippen LogP contribution in [0.4, 0.5) is 0 Å². The van der Waals surface area contributed by atoms with E-state index < -0.39 is 0 Å². The van der Waals surface area contributed by atoms with Crippen LogP contribution in [-0.2, 0) is 6.42 Å². The van der Waals surface area contributed by atoms with Crippen molar-refractivity contribution in [3.05, 3.63) is 58.7 Å². The summed E-state index contributed by atoms with van der Waals surface area (Å²) in [6, 6.07) is 13.6. The number of hydrogen-bond acceptors (Lipinski definition) is 3. The predicted molar refractivity (Wildman–Crippen MR) is 88.7 cm³/mol. The average Bonchev–Trinajstić information content (AvgIpc) is 2.54. The lowest BCUT2D eigenvalue weighted by Crippen LogP contribution is -2.31. The Balaban J connectivity index is 1.96. The molecule has 2 atom stereocenters. The molecule has 3 nitrogen and oxygen atoms in total. The van der Waals surface area contributed by atoms with Gasteiger partial charge in [0.05, 0.1) is 14.2 Å². The van der Waals surface area contributed by atoms with Crippen molar-refractivity contribution < 1.29 is 9.47 Å². The van der Waals surface area contributed by atoms with E-state index >= 15 is 0 Å². The van der Waals surface area contributed by atoms with Crippen molar-refractivity contribution in [2.75, 3.05) is 14.2 Å². The number of fused-ring (bicyclic) bond motifs is 1. The minimum absolute atomic E-state index is 0.287. The zero-order valence-electron chi connectivity index (χ0n) is 13.6. The first kappa shape index (κ1) is 14.9. The first-order chi connectivity index (χ1) is 10.6. The summed E-state index contributed by atoms with van der Waals surface area (Å²) < 4.78 is 10.9. The predicted octanol–water partition coefficient (Wildman–Crippen LogP) is 3.96. The number of rotatable bonds is 3. The van der Waals surface area contributed by atoms with Gasteiger partial charge in [-0.3, -0.25) is 0 Å². The quantitative estimate of drug-likeness (QED) is 0.930. The molecule has 1 N–H and O–H groups in total. The molecule has 22 heavy (non-hydrogen) atoms. The lowest BCUT2D eigenvalue weighted by atomic mass is 9.87. The van der Waals surface area contributed by atoms with Gasteiger partial charge in [0.25, 0.3) is 0 Å². The third kappa shape index (κ3) is 2.69. The zero-order chi connectivity index (χ0) is 15.7. The van der Waals surface area contributed by atoms with Gasteiger partial charge in [-0.15, -0.1) is 0 Å². The molecule has 0 radical (unpaired) electrons. The summed E-state index contributed by atoms with van der Waals surface area (Å²) in [5.74, 6) is 1.60. The van der Waals surface area contributed by atoms with E-state index in [-0.39, 0.29) is 6.04 Å². The van der Waals surface area contributed by atoms with Crippen LogP contribution in [0.2, 0.25) is 0 Å². The molecule has 0 aromatic heterocycles. The molecule has 3 rings (SSSR count). The van der Waals surface area contributed by atoms with Gasteiger partial charge in [-0.25, -0.2) is 0 Å². The fourth-order valence-electron chi connectivity index (χ4n) is 3.20. The van der Waals surface area contributed by atoms with Crippen molar-refractivity contribution in [3.63, 3.8) is 0 Å². The third-order valence-corrected chi connectivity index (χ3v) is 4.47. The maximum Gasteiger partial charge on any atom is 0.161 e. The molecule has 0 fully saturated rings. The summed E-state index contributed by atoms with van der Waals surface area (Å²) in [6.07, 6.45) is 0.961. The van der Waals surface area contributed by atoms with Crippen molar-refractivity contribution in [1.82, 2.24) is 5.32 Å². The Morgan fingerprint density at radius 2 is 1.64 bits per heavy atom. The SMILES string of the molecule is COc1cc2c(cc1OC)[C@@H](C)N[C@H](c1ccc(C)cc1)C2. The molecule has 3 heteroatoms. The summed E-state index contributed by atoms with van der Waals surface area (Å²) in [4.78, 5) is 0. The van der Waals surface area contributed by atoms with Crippen molar-refractivity contribution in [3.8, 4) is 11.5 Å². The van der Waals surface area contributed by atoms with Crippen LogP contribution in [0.3, 0.4) is 0 Å². The van der Waals surface area contributed by atoms with E-state index in [1.54, 1.807) is 14.2 Å². The van der Waals surface area contributed by atoms with E-state index in [1.165, 1.54) is 22.3 Å². The molecule has 0 spiro atoms. The van der Waals surface area contributed by atoms with Crippen LogP contribution in [-0.4, -0.2) is 14.2 Å². The molecule has 2 aromatic carbocycles. The zero-order valence-corrected chi connectivity index (χ0v) is 13.6. The Morgan fingerprint density at radius 1 is 1.00 bits per heavy atom. The summed E-state index contributed by atoms with van der Waals surface area (Å²) in [6.45, 7) is 4.32. The maximum absolute atomic E-state index is 5.45. The Hall–Kier alpha value is -2.00.